The van der Waals surface area contributed by atoms with Crippen LogP contribution in [0.1, 0.15) is 5.56 Å². The van der Waals surface area contributed by atoms with Crippen LogP contribution in [-0.2, 0) is 21.0 Å². The second kappa shape index (κ2) is 7.83. The molecule has 0 heterocycles. The molecule has 27 heavy (non-hydrogen) atoms. The van der Waals surface area contributed by atoms with Crippen LogP contribution in [0.4, 0.5) is 23.2 Å². The van der Waals surface area contributed by atoms with Gasteiger partial charge in [0.05, 0.1) is 17.0 Å². The number of sulfonamides is 1. The van der Waals surface area contributed by atoms with E-state index in [9.17, 15) is 30.8 Å². The van der Waals surface area contributed by atoms with E-state index in [1.54, 1.807) is 0 Å². The van der Waals surface area contributed by atoms with Crippen LogP contribution in [0.15, 0.2) is 47.4 Å². The van der Waals surface area contributed by atoms with E-state index < -0.39 is 40.0 Å². The van der Waals surface area contributed by atoms with Gasteiger partial charge in [0.1, 0.15) is 5.82 Å². The van der Waals surface area contributed by atoms with Crippen molar-refractivity contribution >= 4 is 33.2 Å². The van der Waals surface area contributed by atoms with Crippen LogP contribution in [-0.4, -0.2) is 32.2 Å². The van der Waals surface area contributed by atoms with Crippen molar-refractivity contribution in [2.24, 2.45) is 0 Å². The standard InChI is InChI=1S/C16H13ClF4N2O3S/c1-23(27(25,26)12-5-2-10(17)3-6-12)9-15(24)22-11-4-7-14(18)13(8-11)16(19,20)21/h2-8H,9H2,1H3,(H,22,24). The third-order valence-electron chi connectivity index (χ3n) is 3.44. The Balaban J connectivity index is 2.12. The first-order valence-electron chi connectivity index (χ1n) is 7.30. The summed E-state index contributed by atoms with van der Waals surface area (Å²) in [6.07, 6.45) is -4.93. The first-order valence-corrected chi connectivity index (χ1v) is 9.11. The predicted molar refractivity (Wildman–Crippen MR) is 91.3 cm³/mol. The van der Waals surface area contributed by atoms with Gasteiger partial charge in [-0.3, -0.25) is 4.79 Å². The molecule has 0 bridgehead atoms. The minimum atomic E-state index is -4.93. The van der Waals surface area contributed by atoms with E-state index in [1.165, 1.54) is 24.3 Å². The summed E-state index contributed by atoms with van der Waals surface area (Å²) in [7, 11) is -2.87. The van der Waals surface area contributed by atoms with Crippen molar-refractivity contribution in [3.05, 3.63) is 58.9 Å². The number of halogens is 5. The van der Waals surface area contributed by atoms with E-state index in [-0.39, 0.29) is 10.6 Å². The van der Waals surface area contributed by atoms with E-state index in [0.29, 0.717) is 17.2 Å². The highest BCUT2D eigenvalue weighted by Gasteiger charge is 2.34. The second-order valence-electron chi connectivity index (χ2n) is 5.46. The normalized spacial score (nSPS) is 12.3. The molecule has 0 aromatic heterocycles. The highest BCUT2D eigenvalue weighted by Crippen LogP contribution is 2.33. The maximum atomic E-state index is 13.3. The van der Waals surface area contributed by atoms with Gasteiger partial charge in [0.25, 0.3) is 0 Å². The Hall–Kier alpha value is -2.17. The smallest absolute Gasteiger partial charge is 0.325 e. The average molecular weight is 425 g/mol. The molecular formula is C16H13ClF4N2O3S. The summed E-state index contributed by atoms with van der Waals surface area (Å²) in [6.45, 7) is -0.663. The zero-order valence-electron chi connectivity index (χ0n) is 13.7. The molecule has 2 rings (SSSR count). The Labute approximate surface area is 157 Å². The summed E-state index contributed by atoms with van der Waals surface area (Å²) in [5, 5.41) is 2.44. The van der Waals surface area contributed by atoms with E-state index in [0.717, 1.165) is 17.4 Å². The van der Waals surface area contributed by atoms with Crippen molar-refractivity contribution in [1.82, 2.24) is 4.31 Å². The third kappa shape index (κ3) is 5.18. The molecule has 0 aliphatic heterocycles. The maximum absolute atomic E-state index is 13.3. The lowest BCUT2D eigenvalue weighted by Gasteiger charge is -2.17. The Kier molecular flexibility index (Phi) is 6.13. The Morgan fingerprint density at radius 2 is 1.74 bits per heavy atom. The summed E-state index contributed by atoms with van der Waals surface area (Å²) < 4.78 is 76.8. The van der Waals surface area contributed by atoms with E-state index in [2.05, 4.69) is 5.32 Å². The average Bonchev–Trinajstić information content (AvgIpc) is 2.55. The molecule has 0 saturated heterocycles. The van der Waals surface area contributed by atoms with Gasteiger partial charge in [-0.1, -0.05) is 11.6 Å². The second-order valence-corrected chi connectivity index (χ2v) is 7.94. The van der Waals surface area contributed by atoms with Crippen LogP contribution in [0.25, 0.3) is 0 Å². The van der Waals surface area contributed by atoms with Crippen molar-refractivity contribution in [1.29, 1.82) is 0 Å². The molecule has 0 aliphatic carbocycles. The number of nitrogens with zero attached hydrogens (tertiary/aromatic N) is 1. The number of hydrogen-bond acceptors (Lipinski definition) is 3. The SMILES string of the molecule is CN(CC(=O)Nc1ccc(F)c(C(F)(F)F)c1)S(=O)(=O)c1ccc(Cl)cc1. The van der Waals surface area contributed by atoms with Gasteiger partial charge in [-0.25, -0.2) is 12.8 Å². The predicted octanol–water partition coefficient (Wildman–Crippen LogP) is 3.76. The zero-order chi connectivity index (χ0) is 20.4. The minimum Gasteiger partial charge on any atom is -0.325 e. The monoisotopic (exact) mass is 424 g/mol. The van der Waals surface area contributed by atoms with Crippen molar-refractivity contribution < 1.29 is 30.8 Å². The molecule has 0 saturated carbocycles. The van der Waals surface area contributed by atoms with Gasteiger partial charge in [0.15, 0.2) is 0 Å². The summed E-state index contributed by atoms with van der Waals surface area (Å²) >= 11 is 5.69. The molecule has 0 radical (unpaired) electrons. The minimum absolute atomic E-state index is 0.108. The zero-order valence-corrected chi connectivity index (χ0v) is 15.3. The molecule has 0 unspecified atom stereocenters. The van der Waals surface area contributed by atoms with Crippen LogP contribution in [0.5, 0.6) is 0 Å². The molecule has 1 N–H and O–H groups in total. The Morgan fingerprint density at radius 1 is 1.15 bits per heavy atom. The molecule has 0 atom stereocenters. The third-order valence-corrected chi connectivity index (χ3v) is 5.51. The topological polar surface area (TPSA) is 66.5 Å². The molecular weight excluding hydrogens is 412 g/mol. The highest BCUT2D eigenvalue weighted by atomic mass is 35.5. The molecule has 146 valence electrons. The van der Waals surface area contributed by atoms with Crippen LogP contribution in [0, 0.1) is 5.82 Å². The van der Waals surface area contributed by atoms with Crippen LogP contribution >= 0.6 is 11.6 Å². The number of likely N-dealkylation sites (N-methyl/N-ethyl adjacent to an activating group) is 1. The van der Waals surface area contributed by atoms with Gasteiger partial charge >= 0.3 is 6.18 Å². The van der Waals surface area contributed by atoms with Crippen LogP contribution < -0.4 is 5.32 Å². The van der Waals surface area contributed by atoms with Gasteiger partial charge in [-0.15, -0.1) is 0 Å². The first-order chi connectivity index (χ1) is 12.4. The van der Waals surface area contributed by atoms with Gasteiger partial charge in [0, 0.05) is 17.8 Å². The number of alkyl halides is 3. The number of carbonyl (C=O) groups is 1. The van der Waals surface area contributed by atoms with Crippen molar-refractivity contribution in [3.8, 4) is 0 Å². The lowest BCUT2D eigenvalue weighted by molar-refractivity contribution is -0.140. The highest BCUT2D eigenvalue weighted by molar-refractivity contribution is 7.89. The number of hydrogen-bond donors (Lipinski definition) is 1. The van der Waals surface area contributed by atoms with Crippen molar-refractivity contribution in [2.75, 3.05) is 18.9 Å². The lowest BCUT2D eigenvalue weighted by Crippen LogP contribution is -2.35. The molecule has 0 aliphatic rings. The molecule has 11 heteroatoms. The molecule has 0 fully saturated rings. The summed E-state index contributed by atoms with van der Waals surface area (Å²) in [5.41, 5.74) is -1.85. The Morgan fingerprint density at radius 3 is 2.30 bits per heavy atom. The molecule has 5 nitrogen and oxygen atoms in total. The fourth-order valence-electron chi connectivity index (χ4n) is 2.09. The molecule has 1 amide bonds. The number of carbonyl (C=O) groups excluding carboxylic acids is 1. The summed E-state index contributed by atoms with van der Waals surface area (Å²) in [6, 6.07) is 7.16. The summed E-state index contributed by atoms with van der Waals surface area (Å²) in [5.74, 6) is -2.38. The van der Waals surface area contributed by atoms with Gasteiger partial charge in [-0.2, -0.15) is 17.5 Å². The van der Waals surface area contributed by atoms with Crippen LogP contribution in [0.2, 0.25) is 5.02 Å². The number of benzene rings is 2. The van der Waals surface area contributed by atoms with Gasteiger partial charge < -0.3 is 5.32 Å². The summed E-state index contributed by atoms with van der Waals surface area (Å²) in [4.78, 5) is 11.9. The van der Waals surface area contributed by atoms with E-state index in [1.807, 2.05) is 0 Å². The molecule has 0 spiro atoms. The van der Waals surface area contributed by atoms with Gasteiger partial charge in [-0.05, 0) is 42.5 Å². The quantitative estimate of drug-likeness (QED) is 0.743. The fraction of sp³-hybridized carbons (Fsp3) is 0.188. The van der Waals surface area contributed by atoms with Crippen LogP contribution in [0.3, 0.4) is 0 Å². The maximum Gasteiger partial charge on any atom is 0.419 e. The van der Waals surface area contributed by atoms with Gasteiger partial charge in [0.2, 0.25) is 15.9 Å². The molecule has 2 aromatic carbocycles. The van der Waals surface area contributed by atoms with Crippen molar-refractivity contribution in [3.63, 3.8) is 0 Å². The largest absolute Gasteiger partial charge is 0.419 e. The number of anilines is 1. The van der Waals surface area contributed by atoms with E-state index >= 15 is 0 Å². The number of nitrogens with one attached hydrogen (secondary N) is 1. The number of rotatable bonds is 5. The molecule has 2 aromatic rings. The number of amides is 1. The van der Waals surface area contributed by atoms with Crippen molar-refractivity contribution in [2.45, 2.75) is 11.1 Å². The van der Waals surface area contributed by atoms with E-state index in [4.69, 9.17) is 11.6 Å². The fourth-order valence-corrected chi connectivity index (χ4v) is 3.35. The first kappa shape index (κ1) is 21.1. The lowest BCUT2D eigenvalue weighted by atomic mass is 10.2. The Bertz CT molecular complexity index is 947.